The zero-order valence-corrected chi connectivity index (χ0v) is 10.1. The molecular weight excluding hydrogens is 240 g/mol. The summed E-state index contributed by atoms with van der Waals surface area (Å²) in [6.45, 7) is 3.71. The van der Waals surface area contributed by atoms with E-state index in [1.807, 2.05) is 13.8 Å². The predicted molar refractivity (Wildman–Crippen MR) is 61.3 cm³/mol. The first kappa shape index (κ1) is 11.7. The van der Waals surface area contributed by atoms with E-state index in [4.69, 9.17) is 9.52 Å². The lowest BCUT2D eigenvalue weighted by atomic mass is 10.3. The van der Waals surface area contributed by atoms with Gasteiger partial charge in [-0.2, -0.15) is 0 Å². The van der Waals surface area contributed by atoms with Gasteiger partial charge in [0.25, 0.3) is 5.22 Å². The predicted octanol–water partition coefficient (Wildman–Crippen LogP) is 2.54. The largest absolute Gasteiger partial charge is 0.478 e. The van der Waals surface area contributed by atoms with Crippen molar-refractivity contribution < 1.29 is 14.3 Å². The van der Waals surface area contributed by atoms with Gasteiger partial charge in [-0.1, -0.05) is 0 Å². The van der Waals surface area contributed by atoms with E-state index in [1.165, 1.54) is 24.0 Å². The molecule has 2 aromatic rings. The molecule has 0 aliphatic heterocycles. The molecule has 0 aliphatic carbocycles. The maximum absolute atomic E-state index is 10.6. The van der Waals surface area contributed by atoms with Gasteiger partial charge in [-0.3, -0.25) is 0 Å². The Bertz CT molecular complexity index is 529. The van der Waals surface area contributed by atoms with E-state index >= 15 is 0 Å². The van der Waals surface area contributed by atoms with E-state index in [-0.39, 0.29) is 5.56 Å². The number of carboxylic acid groups (broad SMARTS) is 1. The molecule has 0 aliphatic rings. The van der Waals surface area contributed by atoms with Gasteiger partial charge in [0, 0.05) is 6.20 Å². The van der Waals surface area contributed by atoms with Crippen molar-refractivity contribution in [2.75, 3.05) is 0 Å². The van der Waals surface area contributed by atoms with Gasteiger partial charge < -0.3 is 9.52 Å². The van der Waals surface area contributed by atoms with Gasteiger partial charge in [-0.15, -0.1) is 0 Å². The zero-order chi connectivity index (χ0) is 12.4. The second-order valence-corrected chi connectivity index (χ2v) is 4.39. The highest BCUT2D eigenvalue weighted by molar-refractivity contribution is 7.99. The Kier molecular flexibility index (Phi) is 3.14. The van der Waals surface area contributed by atoms with Crippen LogP contribution < -0.4 is 0 Å². The lowest BCUT2D eigenvalue weighted by Crippen LogP contribution is -1.96. The third kappa shape index (κ3) is 2.65. The van der Waals surface area contributed by atoms with Crippen LogP contribution in [-0.4, -0.2) is 21.0 Å². The molecule has 0 aromatic carbocycles. The Morgan fingerprint density at radius 2 is 2.18 bits per heavy atom. The van der Waals surface area contributed by atoms with Crippen molar-refractivity contribution in [1.82, 2.24) is 9.97 Å². The number of carbonyl (C=O) groups is 1. The zero-order valence-electron chi connectivity index (χ0n) is 9.30. The van der Waals surface area contributed by atoms with Crippen molar-refractivity contribution in [3.05, 3.63) is 35.3 Å². The fraction of sp³-hybridized carbons (Fsp3) is 0.182. The summed E-state index contributed by atoms with van der Waals surface area (Å²) in [6, 6.07) is 3.13. The van der Waals surface area contributed by atoms with E-state index in [9.17, 15) is 4.79 Å². The van der Waals surface area contributed by atoms with Crippen LogP contribution in [0.4, 0.5) is 0 Å². The number of hydrogen-bond acceptors (Lipinski definition) is 5. The van der Waals surface area contributed by atoms with E-state index in [0.717, 1.165) is 11.5 Å². The minimum Gasteiger partial charge on any atom is -0.478 e. The fourth-order valence-corrected chi connectivity index (χ4v) is 1.91. The summed E-state index contributed by atoms with van der Waals surface area (Å²) in [5.74, 6) is -0.216. The molecule has 0 fully saturated rings. The number of aryl methyl sites for hydroxylation is 2. The number of carboxylic acids is 1. The quantitative estimate of drug-likeness (QED) is 0.902. The molecule has 0 unspecified atom stereocenters. The molecule has 0 radical (unpaired) electrons. The third-order valence-electron chi connectivity index (χ3n) is 2.18. The van der Waals surface area contributed by atoms with E-state index in [0.29, 0.717) is 10.2 Å². The van der Waals surface area contributed by atoms with Gasteiger partial charge in [0.1, 0.15) is 10.8 Å². The number of aromatic nitrogens is 2. The number of rotatable bonds is 3. The minimum absolute atomic E-state index is 0.161. The first-order chi connectivity index (χ1) is 8.06. The van der Waals surface area contributed by atoms with Crippen LogP contribution in [0.1, 0.15) is 21.8 Å². The standard InChI is InChI=1S/C11H10N2O3S/c1-6-7(2)16-11(13-6)17-9-4-3-8(5-12-9)10(14)15/h3-5H,1-2H3,(H,14,15). The molecule has 0 amide bonds. The summed E-state index contributed by atoms with van der Waals surface area (Å²) in [6.07, 6.45) is 1.31. The van der Waals surface area contributed by atoms with Gasteiger partial charge in [0.05, 0.1) is 11.3 Å². The maximum Gasteiger partial charge on any atom is 0.337 e. The van der Waals surface area contributed by atoms with Crippen molar-refractivity contribution in [1.29, 1.82) is 0 Å². The molecular formula is C11H10N2O3S. The maximum atomic E-state index is 10.6. The van der Waals surface area contributed by atoms with Crippen LogP contribution in [-0.2, 0) is 0 Å². The normalized spacial score (nSPS) is 10.5. The second-order valence-electron chi connectivity index (χ2n) is 3.41. The molecule has 17 heavy (non-hydrogen) atoms. The summed E-state index contributed by atoms with van der Waals surface area (Å²) in [5, 5.41) is 9.89. The van der Waals surface area contributed by atoms with E-state index in [2.05, 4.69) is 9.97 Å². The molecule has 2 aromatic heterocycles. The highest BCUT2D eigenvalue weighted by Crippen LogP contribution is 2.26. The summed E-state index contributed by atoms with van der Waals surface area (Å²) >= 11 is 1.26. The lowest BCUT2D eigenvalue weighted by Gasteiger charge is -1.96. The Labute approximate surface area is 102 Å². The first-order valence-corrected chi connectivity index (χ1v) is 5.69. The molecule has 2 rings (SSSR count). The van der Waals surface area contributed by atoms with Crippen LogP contribution in [0.5, 0.6) is 0 Å². The summed E-state index contributed by atoms with van der Waals surface area (Å²) in [4.78, 5) is 18.9. The second kappa shape index (κ2) is 4.58. The van der Waals surface area contributed by atoms with Crippen LogP contribution in [0.3, 0.4) is 0 Å². The first-order valence-electron chi connectivity index (χ1n) is 4.87. The number of hydrogen-bond donors (Lipinski definition) is 1. The van der Waals surface area contributed by atoms with E-state index < -0.39 is 5.97 Å². The van der Waals surface area contributed by atoms with Gasteiger partial charge in [0.15, 0.2) is 0 Å². The molecule has 1 N–H and O–H groups in total. The molecule has 0 spiro atoms. The van der Waals surface area contributed by atoms with Crippen LogP contribution in [0.2, 0.25) is 0 Å². The smallest absolute Gasteiger partial charge is 0.337 e. The van der Waals surface area contributed by atoms with Crippen molar-refractivity contribution in [2.45, 2.75) is 24.1 Å². The Balaban J connectivity index is 2.16. The van der Waals surface area contributed by atoms with Crippen LogP contribution in [0.25, 0.3) is 0 Å². The minimum atomic E-state index is -0.989. The molecule has 6 heteroatoms. The average molecular weight is 250 g/mol. The summed E-state index contributed by atoms with van der Waals surface area (Å²) in [5.41, 5.74) is 1.00. The van der Waals surface area contributed by atoms with Crippen molar-refractivity contribution in [3.63, 3.8) is 0 Å². The third-order valence-corrected chi connectivity index (χ3v) is 2.98. The van der Waals surface area contributed by atoms with Crippen molar-refractivity contribution in [3.8, 4) is 0 Å². The van der Waals surface area contributed by atoms with Crippen LogP contribution >= 0.6 is 11.8 Å². The van der Waals surface area contributed by atoms with E-state index in [1.54, 1.807) is 6.07 Å². The van der Waals surface area contributed by atoms with Gasteiger partial charge >= 0.3 is 5.97 Å². The molecule has 2 heterocycles. The number of oxazole rings is 1. The molecule has 5 nitrogen and oxygen atoms in total. The van der Waals surface area contributed by atoms with Crippen LogP contribution in [0.15, 0.2) is 33.0 Å². The molecule has 0 atom stereocenters. The number of aromatic carboxylic acids is 1. The Morgan fingerprint density at radius 3 is 2.65 bits per heavy atom. The highest BCUT2D eigenvalue weighted by atomic mass is 32.2. The number of nitrogens with zero attached hydrogens (tertiary/aromatic N) is 2. The SMILES string of the molecule is Cc1nc(Sc2ccc(C(=O)O)cn2)oc1C. The molecule has 0 saturated heterocycles. The lowest BCUT2D eigenvalue weighted by molar-refractivity contribution is 0.0696. The Morgan fingerprint density at radius 1 is 1.41 bits per heavy atom. The monoisotopic (exact) mass is 250 g/mol. The van der Waals surface area contributed by atoms with Gasteiger partial charge in [-0.25, -0.2) is 14.8 Å². The molecule has 0 saturated carbocycles. The molecule has 88 valence electrons. The van der Waals surface area contributed by atoms with Crippen LogP contribution in [0, 0.1) is 13.8 Å². The summed E-state index contributed by atoms with van der Waals surface area (Å²) in [7, 11) is 0. The van der Waals surface area contributed by atoms with Gasteiger partial charge in [-0.05, 0) is 37.7 Å². The molecule has 0 bridgehead atoms. The average Bonchev–Trinajstić information content (AvgIpc) is 2.58. The van der Waals surface area contributed by atoms with Crippen molar-refractivity contribution >= 4 is 17.7 Å². The Hall–Kier alpha value is -1.82. The highest BCUT2D eigenvalue weighted by Gasteiger charge is 2.09. The topological polar surface area (TPSA) is 76.2 Å². The fourth-order valence-electron chi connectivity index (χ4n) is 1.14. The summed E-state index contributed by atoms with van der Waals surface area (Å²) < 4.78 is 5.39. The van der Waals surface area contributed by atoms with Crippen molar-refractivity contribution in [2.24, 2.45) is 0 Å². The number of pyridine rings is 1. The van der Waals surface area contributed by atoms with Gasteiger partial charge in [0.2, 0.25) is 0 Å².